The van der Waals surface area contributed by atoms with E-state index in [1.807, 2.05) is 48.5 Å². The fraction of sp³-hybridized carbons (Fsp3) is 0.350. The van der Waals surface area contributed by atoms with Crippen molar-refractivity contribution < 1.29 is 4.79 Å². The standard InChI is InChI=1S/C20H24ClN3O/c21-17-8-2-4-10-19(17)24-13-5-7-16(14-24)23-20(25)12-11-15-6-1-3-9-18(15)22/h1-4,6,8-10,16H,5,7,11-14,22H2,(H,23,25). The third-order valence-corrected chi connectivity index (χ3v) is 4.98. The lowest BCUT2D eigenvalue weighted by molar-refractivity contribution is -0.121. The van der Waals surface area contributed by atoms with Gasteiger partial charge in [-0.15, -0.1) is 0 Å². The van der Waals surface area contributed by atoms with E-state index in [2.05, 4.69) is 10.2 Å². The molecule has 1 saturated heterocycles. The Kier molecular flexibility index (Phi) is 5.82. The molecule has 132 valence electrons. The van der Waals surface area contributed by atoms with E-state index in [0.29, 0.717) is 12.8 Å². The van der Waals surface area contributed by atoms with Gasteiger partial charge in [-0.25, -0.2) is 0 Å². The Bertz CT molecular complexity index is 734. The van der Waals surface area contributed by atoms with Gasteiger partial charge in [-0.3, -0.25) is 4.79 Å². The molecule has 1 unspecified atom stereocenters. The third kappa shape index (κ3) is 4.67. The van der Waals surface area contributed by atoms with Crippen LogP contribution in [0, 0.1) is 0 Å². The third-order valence-electron chi connectivity index (χ3n) is 4.66. The van der Waals surface area contributed by atoms with Crippen LogP contribution in [0.5, 0.6) is 0 Å². The molecule has 2 aromatic carbocycles. The monoisotopic (exact) mass is 357 g/mol. The normalized spacial score (nSPS) is 17.3. The van der Waals surface area contributed by atoms with Gasteiger partial charge in [0.2, 0.25) is 5.91 Å². The summed E-state index contributed by atoms with van der Waals surface area (Å²) < 4.78 is 0. The Hall–Kier alpha value is -2.20. The number of aryl methyl sites for hydroxylation is 1. The minimum Gasteiger partial charge on any atom is -0.399 e. The van der Waals surface area contributed by atoms with E-state index >= 15 is 0 Å². The molecule has 0 bridgehead atoms. The van der Waals surface area contributed by atoms with Crippen molar-refractivity contribution in [2.75, 3.05) is 23.7 Å². The number of anilines is 2. The van der Waals surface area contributed by atoms with E-state index in [9.17, 15) is 4.79 Å². The van der Waals surface area contributed by atoms with Gasteiger partial charge in [-0.2, -0.15) is 0 Å². The van der Waals surface area contributed by atoms with Crippen LogP contribution in [-0.4, -0.2) is 25.0 Å². The maximum absolute atomic E-state index is 12.3. The first-order chi connectivity index (χ1) is 12.1. The second-order valence-electron chi connectivity index (χ2n) is 6.50. The van der Waals surface area contributed by atoms with Crippen LogP contribution in [0.3, 0.4) is 0 Å². The van der Waals surface area contributed by atoms with Crippen LogP contribution in [0.15, 0.2) is 48.5 Å². The topological polar surface area (TPSA) is 58.4 Å². The van der Waals surface area contributed by atoms with Crippen LogP contribution in [0.1, 0.15) is 24.8 Å². The van der Waals surface area contributed by atoms with Gasteiger partial charge in [0.25, 0.3) is 0 Å². The lowest BCUT2D eigenvalue weighted by Gasteiger charge is -2.35. The highest BCUT2D eigenvalue weighted by atomic mass is 35.5. The van der Waals surface area contributed by atoms with Gasteiger partial charge >= 0.3 is 0 Å². The maximum atomic E-state index is 12.3. The zero-order chi connectivity index (χ0) is 17.6. The number of hydrogen-bond donors (Lipinski definition) is 2. The number of nitrogens with one attached hydrogen (secondary N) is 1. The largest absolute Gasteiger partial charge is 0.399 e. The molecule has 3 N–H and O–H groups in total. The number of amides is 1. The summed E-state index contributed by atoms with van der Waals surface area (Å²) in [6.45, 7) is 1.76. The maximum Gasteiger partial charge on any atom is 0.220 e. The molecular weight excluding hydrogens is 334 g/mol. The fourth-order valence-electron chi connectivity index (χ4n) is 3.33. The molecule has 2 aromatic rings. The van der Waals surface area contributed by atoms with Crippen LogP contribution in [0.25, 0.3) is 0 Å². The Morgan fingerprint density at radius 2 is 1.96 bits per heavy atom. The number of carbonyl (C=O) groups is 1. The van der Waals surface area contributed by atoms with Crippen molar-refractivity contribution in [3.05, 3.63) is 59.1 Å². The van der Waals surface area contributed by atoms with Crippen LogP contribution in [0.4, 0.5) is 11.4 Å². The van der Waals surface area contributed by atoms with E-state index in [1.165, 1.54) is 0 Å². The number of rotatable bonds is 5. The number of carbonyl (C=O) groups excluding carboxylic acids is 1. The summed E-state index contributed by atoms with van der Waals surface area (Å²) in [6.07, 6.45) is 3.16. The van der Waals surface area contributed by atoms with E-state index < -0.39 is 0 Å². The number of hydrogen-bond acceptors (Lipinski definition) is 3. The van der Waals surface area contributed by atoms with Gasteiger partial charge in [0.1, 0.15) is 0 Å². The predicted octanol–water partition coefficient (Wildman–Crippen LogP) is 3.64. The molecular formula is C20H24ClN3O. The highest BCUT2D eigenvalue weighted by molar-refractivity contribution is 6.33. The number of para-hydroxylation sites is 2. The van der Waals surface area contributed by atoms with Gasteiger partial charge in [0.15, 0.2) is 0 Å². The molecule has 1 heterocycles. The highest BCUT2D eigenvalue weighted by Crippen LogP contribution is 2.27. The summed E-state index contributed by atoms with van der Waals surface area (Å²) in [6, 6.07) is 15.7. The number of piperidine rings is 1. The molecule has 3 rings (SSSR count). The van der Waals surface area contributed by atoms with Gasteiger partial charge in [0, 0.05) is 31.2 Å². The van der Waals surface area contributed by atoms with Crippen molar-refractivity contribution >= 4 is 28.9 Å². The van der Waals surface area contributed by atoms with Crippen LogP contribution in [-0.2, 0) is 11.2 Å². The van der Waals surface area contributed by atoms with Crippen LogP contribution in [0.2, 0.25) is 5.02 Å². The Balaban J connectivity index is 1.53. The minimum atomic E-state index is 0.0780. The van der Waals surface area contributed by atoms with Crippen molar-refractivity contribution in [2.24, 2.45) is 0 Å². The van der Waals surface area contributed by atoms with Gasteiger partial charge in [0.05, 0.1) is 10.7 Å². The van der Waals surface area contributed by atoms with Gasteiger partial charge < -0.3 is 16.0 Å². The molecule has 0 saturated carbocycles. The SMILES string of the molecule is Nc1ccccc1CCC(=O)NC1CCCN(c2ccccc2Cl)C1. The molecule has 0 aliphatic carbocycles. The van der Waals surface area contributed by atoms with Gasteiger partial charge in [-0.1, -0.05) is 41.9 Å². The Morgan fingerprint density at radius 3 is 2.76 bits per heavy atom. The van der Waals surface area contributed by atoms with Crippen LogP contribution >= 0.6 is 11.6 Å². The molecule has 1 aliphatic rings. The van der Waals surface area contributed by atoms with E-state index in [4.69, 9.17) is 17.3 Å². The molecule has 1 atom stereocenters. The molecule has 0 aromatic heterocycles. The molecule has 1 amide bonds. The van der Waals surface area contributed by atoms with Crippen molar-refractivity contribution in [2.45, 2.75) is 31.7 Å². The lowest BCUT2D eigenvalue weighted by atomic mass is 10.0. The summed E-state index contributed by atoms with van der Waals surface area (Å²) >= 11 is 6.30. The van der Waals surface area contributed by atoms with Crippen molar-refractivity contribution in [1.29, 1.82) is 0 Å². The number of nitrogen functional groups attached to an aromatic ring is 1. The van der Waals surface area contributed by atoms with E-state index in [1.54, 1.807) is 0 Å². The molecule has 0 spiro atoms. The van der Waals surface area contributed by atoms with Crippen molar-refractivity contribution in [3.8, 4) is 0 Å². The predicted molar refractivity (Wildman–Crippen MR) is 104 cm³/mol. The smallest absolute Gasteiger partial charge is 0.220 e. The first-order valence-corrected chi connectivity index (χ1v) is 9.13. The van der Waals surface area contributed by atoms with Crippen LogP contribution < -0.4 is 16.0 Å². The Labute approximate surface area is 154 Å². The average molecular weight is 358 g/mol. The number of halogens is 1. The highest BCUT2D eigenvalue weighted by Gasteiger charge is 2.22. The van der Waals surface area contributed by atoms with E-state index in [-0.39, 0.29) is 11.9 Å². The summed E-state index contributed by atoms with van der Waals surface area (Å²) in [5, 5.41) is 3.92. The second-order valence-corrected chi connectivity index (χ2v) is 6.91. The molecule has 0 radical (unpaired) electrons. The quantitative estimate of drug-likeness (QED) is 0.803. The van der Waals surface area contributed by atoms with Crippen molar-refractivity contribution in [1.82, 2.24) is 5.32 Å². The first-order valence-electron chi connectivity index (χ1n) is 8.75. The molecule has 25 heavy (non-hydrogen) atoms. The zero-order valence-corrected chi connectivity index (χ0v) is 15.0. The summed E-state index contributed by atoms with van der Waals surface area (Å²) in [7, 11) is 0. The number of nitrogens with zero attached hydrogens (tertiary/aromatic N) is 1. The Morgan fingerprint density at radius 1 is 1.20 bits per heavy atom. The summed E-state index contributed by atoms with van der Waals surface area (Å²) in [5.74, 6) is 0.0780. The molecule has 5 heteroatoms. The number of nitrogens with two attached hydrogens (primary N) is 1. The molecule has 4 nitrogen and oxygen atoms in total. The molecule has 1 aliphatic heterocycles. The summed E-state index contributed by atoms with van der Waals surface area (Å²) in [5.41, 5.74) is 8.75. The fourth-order valence-corrected chi connectivity index (χ4v) is 3.59. The van der Waals surface area contributed by atoms with Crippen molar-refractivity contribution in [3.63, 3.8) is 0 Å². The second kappa shape index (κ2) is 8.26. The average Bonchev–Trinajstić information content (AvgIpc) is 2.62. The number of benzene rings is 2. The lowest BCUT2D eigenvalue weighted by Crippen LogP contribution is -2.48. The first kappa shape index (κ1) is 17.6. The zero-order valence-electron chi connectivity index (χ0n) is 14.2. The molecule has 1 fully saturated rings. The summed E-state index contributed by atoms with van der Waals surface area (Å²) in [4.78, 5) is 14.6. The minimum absolute atomic E-state index is 0.0780. The van der Waals surface area contributed by atoms with Gasteiger partial charge in [-0.05, 0) is 43.0 Å². The van der Waals surface area contributed by atoms with E-state index in [0.717, 1.165) is 47.9 Å².